The molecule has 0 amide bonds. The van der Waals surface area contributed by atoms with Crippen molar-refractivity contribution in [2.75, 3.05) is 0 Å². The number of pyridine rings is 1. The van der Waals surface area contributed by atoms with Crippen molar-refractivity contribution in [1.29, 1.82) is 0 Å². The fraction of sp³-hybridized carbons (Fsp3) is 0. The number of rotatable bonds is 1. The van der Waals surface area contributed by atoms with E-state index in [1.165, 1.54) is 0 Å². The van der Waals surface area contributed by atoms with E-state index in [4.69, 9.17) is 4.42 Å². The molecule has 2 aromatic carbocycles. The van der Waals surface area contributed by atoms with Crippen LogP contribution < -0.4 is 0 Å². The van der Waals surface area contributed by atoms with Gasteiger partial charge in [-0.1, -0.05) is 36.4 Å². The number of aromatic nitrogens is 4. The van der Waals surface area contributed by atoms with E-state index in [-0.39, 0.29) is 0 Å². The standard InChI is InChI=1S/C18H10N4O/c1-4-11-5-3-9-19-17(11)13(7-1)12-6-2-8-14-16(12)18-15(23-14)10-20-22-21-18/h1-10H. The summed E-state index contributed by atoms with van der Waals surface area (Å²) in [6.45, 7) is 0. The van der Waals surface area contributed by atoms with Gasteiger partial charge in [0.2, 0.25) is 0 Å². The quantitative estimate of drug-likeness (QED) is 0.468. The van der Waals surface area contributed by atoms with Crippen LogP contribution >= 0.6 is 0 Å². The summed E-state index contributed by atoms with van der Waals surface area (Å²) in [5.74, 6) is 0. The first kappa shape index (κ1) is 12.2. The van der Waals surface area contributed by atoms with Crippen molar-refractivity contribution in [3.05, 3.63) is 60.9 Å². The van der Waals surface area contributed by atoms with Gasteiger partial charge in [0.25, 0.3) is 0 Å². The van der Waals surface area contributed by atoms with Crippen LogP contribution in [0.3, 0.4) is 0 Å². The highest BCUT2D eigenvalue weighted by atomic mass is 16.3. The second-order valence-electron chi connectivity index (χ2n) is 5.31. The lowest BCUT2D eigenvalue weighted by Gasteiger charge is -2.07. The molecule has 5 aromatic rings. The van der Waals surface area contributed by atoms with Gasteiger partial charge in [0.05, 0.1) is 17.1 Å². The maximum Gasteiger partial charge on any atom is 0.175 e. The Morgan fingerprint density at radius 1 is 0.783 bits per heavy atom. The van der Waals surface area contributed by atoms with E-state index in [0.29, 0.717) is 5.58 Å². The SMILES string of the molecule is c1cnc2c(-c3cccc4oc5cnnnc5c34)cccc2c1. The van der Waals surface area contributed by atoms with Gasteiger partial charge < -0.3 is 4.42 Å². The van der Waals surface area contributed by atoms with Gasteiger partial charge in [0, 0.05) is 17.1 Å². The number of fused-ring (bicyclic) bond motifs is 4. The van der Waals surface area contributed by atoms with Crippen LogP contribution in [-0.4, -0.2) is 20.4 Å². The van der Waals surface area contributed by atoms with Gasteiger partial charge in [-0.15, -0.1) is 10.2 Å². The first-order valence-corrected chi connectivity index (χ1v) is 7.25. The van der Waals surface area contributed by atoms with Gasteiger partial charge in [-0.05, 0) is 22.9 Å². The molecule has 23 heavy (non-hydrogen) atoms. The number of nitrogens with zero attached hydrogens (tertiary/aromatic N) is 4. The molecular formula is C18H10N4O. The van der Waals surface area contributed by atoms with Gasteiger partial charge in [0.15, 0.2) is 5.58 Å². The van der Waals surface area contributed by atoms with Crippen LogP contribution in [0.1, 0.15) is 0 Å². The average molecular weight is 298 g/mol. The predicted molar refractivity (Wildman–Crippen MR) is 87.8 cm³/mol. The Morgan fingerprint density at radius 3 is 2.65 bits per heavy atom. The lowest BCUT2D eigenvalue weighted by atomic mass is 9.98. The van der Waals surface area contributed by atoms with Gasteiger partial charge in [-0.3, -0.25) is 4.98 Å². The fourth-order valence-corrected chi connectivity index (χ4v) is 3.03. The minimum Gasteiger partial charge on any atom is -0.453 e. The predicted octanol–water partition coefficient (Wildman–Crippen LogP) is 3.99. The van der Waals surface area contributed by atoms with Crippen LogP contribution in [0, 0.1) is 0 Å². The molecule has 0 saturated heterocycles. The zero-order chi connectivity index (χ0) is 15.2. The third-order valence-corrected chi connectivity index (χ3v) is 4.01. The van der Waals surface area contributed by atoms with Crippen molar-refractivity contribution in [3.8, 4) is 11.1 Å². The number of hydrogen-bond donors (Lipinski definition) is 0. The van der Waals surface area contributed by atoms with Crippen molar-refractivity contribution in [2.24, 2.45) is 0 Å². The molecule has 5 rings (SSSR count). The molecule has 0 saturated carbocycles. The van der Waals surface area contributed by atoms with E-state index < -0.39 is 0 Å². The summed E-state index contributed by atoms with van der Waals surface area (Å²) >= 11 is 0. The van der Waals surface area contributed by atoms with Crippen LogP contribution in [0.4, 0.5) is 0 Å². The largest absolute Gasteiger partial charge is 0.453 e. The summed E-state index contributed by atoms with van der Waals surface area (Å²) in [4.78, 5) is 4.55. The molecule has 0 atom stereocenters. The Morgan fingerprint density at radius 2 is 1.65 bits per heavy atom. The molecular weight excluding hydrogens is 288 g/mol. The van der Waals surface area contributed by atoms with E-state index in [2.05, 4.69) is 44.7 Å². The number of para-hydroxylation sites is 1. The van der Waals surface area contributed by atoms with E-state index in [0.717, 1.165) is 38.5 Å². The second-order valence-corrected chi connectivity index (χ2v) is 5.31. The minimum atomic E-state index is 0.635. The normalized spacial score (nSPS) is 11.5. The van der Waals surface area contributed by atoms with E-state index in [1.54, 1.807) is 6.20 Å². The maximum atomic E-state index is 5.84. The third-order valence-electron chi connectivity index (χ3n) is 4.01. The Balaban J connectivity index is 1.96. The van der Waals surface area contributed by atoms with E-state index >= 15 is 0 Å². The van der Waals surface area contributed by atoms with Gasteiger partial charge in [-0.2, -0.15) is 0 Å². The molecule has 3 aromatic heterocycles. The summed E-state index contributed by atoms with van der Waals surface area (Å²) in [7, 11) is 0. The van der Waals surface area contributed by atoms with Crippen molar-refractivity contribution in [1.82, 2.24) is 20.4 Å². The highest BCUT2D eigenvalue weighted by molar-refractivity contribution is 6.12. The third kappa shape index (κ3) is 1.73. The molecule has 108 valence electrons. The Labute approximate surface area is 130 Å². The van der Waals surface area contributed by atoms with Crippen molar-refractivity contribution < 1.29 is 4.42 Å². The lowest BCUT2D eigenvalue weighted by Crippen LogP contribution is -1.87. The average Bonchev–Trinajstić information content (AvgIpc) is 3.00. The molecule has 0 aliphatic heterocycles. The minimum absolute atomic E-state index is 0.635. The van der Waals surface area contributed by atoms with Crippen LogP contribution in [0.2, 0.25) is 0 Å². The Kier molecular flexibility index (Phi) is 2.43. The molecule has 5 heteroatoms. The maximum absolute atomic E-state index is 5.84. The summed E-state index contributed by atoms with van der Waals surface area (Å²) in [6.07, 6.45) is 3.40. The highest BCUT2D eigenvalue weighted by Gasteiger charge is 2.15. The highest BCUT2D eigenvalue weighted by Crippen LogP contribution is 2.37. The molecule has 0 fully saturated rings. The molecule has 0 N–H and O–H groups in total. The van der Waals surface area contributed by atoms with Crippen LogP contribution in [-0.2, 0) is 0 Å². The molecule has 5 nitrogen and oxygen atoms in total. The number of hydrogen-bond acceptors (Lipinski definition) is 5. The molecule has 0 aliphatic carbocycles. The Hall–Kier alpha value is -3.34. The molecule has 0 radical (unpaired) electrons. The lowest BCUT2D eigenvalue weighted by molar-refractivity contribution is 0.661. The van der Waals surface area contributed by atoms with E-state index in [1.807, 2.05) is 30.5 Å². The molecule has 0 unspecified atom stereocenters. The summed E-state index contributed by atoms with van der Waals surface area (Å²) < 4.78 is 5.84. The van der Waals surface area contributed by atoms with Crippen molar-refractivity contribution >= 4 is 33.0 Å². The second kappa shape index (κ2) is 4.58. The van der Waals surface area contributed by atoms with Gasteiger partial charge >= 0.3 is 0 Å². The van der Waals surface area contributed by atoms with Crippen LogP contribution in [0.15, 0.2) is 65.3 Å². The first-order valence-electron chi connectivity index (χ1n) is 7.25. The summed E-state index contributed by atoms with van der Waals surface area (Å²) in [5, 5.41) is 13.8. The first-order chi connectivity index (χ1) is 11.4. The van der Waals surface area contributed by atoms with Crippen molar-refractivity contribution in [3.63, 3.8) is 0 Å². The molecule has 3 heterocycles. The molecule has 0 aliphatic rings. The summed E-state index contributed by atoms with van der Waals surface area (Å²) in [6, 6.07) is 16.1. The summed E-state index contributed by atoms with van der Waals surface area (Å²) in [5.41, 5.74) is 5.17. The Bertz CT molecular complexity index is 1170. The molecule has 0 bridgehead atoms. The van der Waals surface area contributed by atoms with Crippen LogP contribution in [0.5, 0.6) is 0 Å². The fourth-order valence-electron chi connectivity index (χ4n) is 3.03. The van der Waals surface area contributed by atoms with E-state index in [9.17, 15) is 0 Å². The van der Waals surface area contributed by atoms with Crippen molar-refractivity contribution in [2.45, 2.75) is 0 Å². The topological polar surface area (TPSA) is 64.7 Å². The van der Waals surface area contributed by atoms with Gasteiger partial charge in [0.1, 0.15) is 11.1 Å². The smallest absolute Gasteiger partial charge is 0.175 e. The number of furan rings is 1. The zero-order valence-electron chi connectivity index (χ0n) is 12.0. The van der Waals surface area contributed by atoms with Crippen LogP contribution in [0.25, 0.3) is 44.1 Å². The van der Waals surface area contributed by atoms with Gasteiger partial charge in [-0.25, -0.2) is 0 Å². The monoisotopic (exact) mass is 298 g/mol. The zero-order valence-corrected chi connectivity index (χ0v) is 12.0. The number of benzene rings is 2. The molecule has 0 spiro atoms.